The number of hydrogen-bond donors (Lipinski definition) is 3. The number of nitrogens with zero attached hydrogens (tertiary/aromatic N) is 3. The van der Waals surface area contributed by atoms with Crippen molar-refractivity contribution in [1.29, 1.82) is 0 Å². The van der Waals surface area contributed by atoms with E-state index in [1.54, 1.807) is 0 Å². The standard InChI is InChI=1S/C13H20N6/c1-2-3-4-9-16-11-10(8-5-6-15-7-8)18-19-13(14)12(11)17-9/h8,15H,2-7H2,1H3,(H2,14,19)(H,16,17). The number of unbranched alkanes of at least 4 members (excludes halogenated alkanes) is 1. The third-order valence-electron chi connectivity index (χ3n) is 3.73. The highest BCUT2D eigenvalue weighted by Crippen LogP contribution is 2.28. The molecule has 3 rings (SSSR count). The van der Waals surface area contributed by atoms with Crippen LogP contribution in [0.3, 0.4) is 0 Å². The van der Waals surface area contributed by atoms with Gasteiger partial charge in [0.1, 0.15) is 16.9 Å². The zero-order valence-electron chi connectivity index (χ0n) is 11.2. The van der Waals surface area contributed by atoms with E-state index in [9.17, 15) is 0 Å². The molecule has 0 aliphatic carbocycles. The average molecular weight is 260 g/mol. The molecule has 0 amide bonds. The smallest absolute Gasteiger partial charge is 0.172 e. The van der Waals surface area contributed by atoms with Crippen molar-refractivity contribution >= 4 is 16.9 Å². The number of nitrogens with two attached hydrogens (primary N) is 1. The summed E-state index contributed by atoms with van der Waals surface area (Å²) in [5.41, 5.74) is 8.64. The first-order valence-corrected chi connectivity index (χ1v) is 7.01. The molecule has 4 N–H and O–H groups in total. The number of imidazole rings is 1. The number of aryl methyl sites for hydroxylation is 1. The molecule has 1 aliphatic heterocycles. The van der Waals surface area contributed by atoms with Crippen molar-refractivity contribution in [2.75, 3.05) is 18.8 Å². The van der Waals surface area contributed by atoms with E-state index in [2.05, 4.69) is 32.4 Å². The van der Waals surface area contributed by atoms with E-state index >= 15 is 0 Å². The maximum atomic E-state index is 5.91. The van der Waals surface area contributed by atoms with Crippen molar-refractivity contribution in [1.82, 2.24) is 25.5 Å². The number of aromatic nitrogens is 4. The summed E-state index contributed by atoms with van der Waals surface area (Å²) in [6.45, 7) is 4.16. The van der Waals surface area contributed by atoms with Gasteiger partial charge < -0.3 is 16.0 Å². The SMILES string of the molecule is CCCCc1nc2c(C3CCNC3)nnc(N)c2[nH]1. The summed E-state index contributed by atoms with van der Waals surface area (Å²) in [6.07, 6.45) is 4.32. The molecule has 6 heteroatoms. The number of nitrogens with one attached hydrogen (secondary N) is 2. The van der Waals surface area contributed by atoms with E-state index in [0.29, 0.717) is 11.7 Å². The summed E-state index contributed by atoms with van der Waals surface area (Å²) in [6, 6.07) is 0. The first-order valence-electron chi connectivity index (χ1n) is 7.01. The Kier molecular flexibility index (Phi) is 3.33. The predicted molar refractivity (Wildman–Crippen MR) is 74.9 cm³/mol. The number of rotatable bonds is 4. The van der Waals surface area contributed by atoms with Crippen LogP contribution in [0.25, 0.3) is 11.0 Å². The zero-order chi connectivity index (χ0) is 13.2. The lowest BCUT2D eigenvalue weighted by molar-refractivity contribution is 0.722. The molecule has 0 radical (unpaired) electrons. The minimum absolute atomic E-state index is 0.401. The average Bonchev–Trinajstić information content (AvgIpc) is 3.06. The van der Waals surface area contributed by atoms with Gasteiger partial charge in [-0.25, -0.2) is 4.98 Å². The van der Waals surface area contributed by atoms with E-state index in [4.69, 9.17) is 5.73 Å². The lowest BCUT2D eigenvalue weighted by Crippen LogP contribution is -2.10. The third kappa shape index (κ3) is 2.28. The van der Waals surface area contributed by atoms with E-state index in [0.717, 1.165) is 61.3 Å². The van der Waals surface area contributed by atoms with Crippen molar-refractivity contribution < 1.29 is 0 Å². The topological polar surface area (TPSA) is 92.5 Å². The lowest BCUT2D eigenvalue weighted by Gasteiger charge is -2.07. The van der Waals surface area contributed by atoms with Gasteiger partial charge in [0.2, 0.25) is 0 Å². The number of fused-ring (bicyclic) bond motifs is 1. The summed E-state index contributed by atoms with van der Waals surface area (Å²) >= 11 is 0. The van der Waals surface area contributed by atoms with Gasteiger partial charge in [-0.15, -0.1) is 5.10 Å². The molecule has 1 saturated heterocycles. The second kappa shape index (κ2) is 5.13. The number of nitrogen functional groups attached to an aromatic ring is 1. The first-order chi connectivity index (χ1) is 9.29. The normalized spacial score (nSPS) is 19.3. The molecule has 2 aromatic rings. The maximum absolute atomic E-state index is 5.91. The van der Waals surface area contributed by atoms with Crippen molar-refractivity contribution in [3.8, 4) is 0 Å². The Bertz CT molecular complexity index is 570. The van der Waals surface area contributed by atoms with Gasteiger partial charge in [0.25, 0.3) is 0 Å². The molecule has 2 aromatic heterocycles. The third-order valence-corrected chi connectivity index (χ3v) is 3.73. The molecule has 6 nitrogen and oxygen atoms in total. The van der Waals surface area contributed by atoms with Crippen molar-refractivity contribution in [3.05, 3.63) is 11.5 Å². The molecule has 102 valence electrons. The molecule has 3 heterocycles. The molecule has 0 saturated carbocycles. The van der Waals surface area contributed by atoms with Gasteiger partial charge in [0, 0.05) is 18.9 Å². The Hall–Kier alpha value is -1.69. The summed E-state index contributed by atoms with van der Waals surface area (Å²) in [5, 5.41) is 11.7. The van der Waals surface area contributed by atoms with E-state index < -0.39 is 0 Å². The number of aromatic amines is 1. The zero-order valence-corrected chi connectivity index (χ0v) is 11.2. The first kappa shape index (κ1) is 12.3. The van der Waals surface area contributed by atoms with Crippen LogP contribution in [-0.4, -0.2) is 33.3 Å². The van der Waals surface area contributed by atoms with Crippen LogP contribution in [-0.2, 0) is 6.42 Å². The van der Waals surface area contributed by atoms with Crippen LogP contribution in [0, 0.1) is 0 Å². The minimum Gasteiger partial charge on any atom is -0.380 e. The van der Waals surface area contributed by atoms with Gasteiger partial charge >= 0.3 is 0 Å². The van der Waals surface area contributed by atoms with Crippen LogP contribution in [0.5, 0.6) is 0 Å². The van der Waals surface area contributed by atoms with Gasteiger partial charge in [0.05, 0.1) is 5.69 Å². The molecule has 1 atom stereocenters. The second-order valence-electron chi connectivity index (χ2n) is 5.17. The highest BCUT2D eigenvalue weighted by atomic mass is 15.2. The lowest BCUT2D eigenvalue weighted by atomic mass is 10.0. The van der Waals surface area contributed by atoms with Gasteiger partial charge in [-0.2, -0.15) is 5.10 Å². The fourth-order valence-corrected chi connectivity index (χ4v) is 2.62. The Morgan fingerprint density at radius 3 is 3.00 bits per heavy atom. The molecule has 1 unspecified atom stereocenters. The van der Waals surface area contributed by atoms with Crippen LogP contribution in [0.1, 0.15) is 43.6 Å². The maximum Gasteiger partial charge on any atom is 0.172 e. The van der Waals surface area contributed by atoms with E-state index in [1.807, 2.05) is 0 Å². The Balaban J connectivity index is 2.02. The highest BCUT2D eigenvalue weighted by molar-refractivity contribution is 5.86. The fourth-order valence-electron chi connectivity index (χ4n) is 2.62. The molecule has 0 spiro atoms. The quantitative estimate of drug-likeness (QED) is 0.771. The molecule has 1 fully saturated rings. The molecule has 0 aromatic carbocycles. The van der Waals surface area contributed by atoms with Crippen LogP contribution in [0.2, 0.25) is 0 Å². The fraction of sp³-hybridized carbons (Fsp3) is 0.615. The summed E-state index contributed by atoms with van der Waals surface area (Å²) < 4.78 is 0. The summed E-state index contributed by atoms with van der Waals surface area (Å²) in [5.74, 6) is 1.84. The van der Waals surface area contributed by atoms with Gasteiger partial charge in [-0.05, 0) is 19.4 Å². The van der Waals surface area contributed by atoms with Crippen LogP contribution < -0.4 is 11.1 Å². The predicted octanol–water partition coefficient (Wildman–Crippen LogP) is 1.35. The van der Waals surface area contributed by atoms with Crippen molar-refractivity contribution in [2.45, 2.75) is 38.5 Å². The van der Waals surface area contributed by atoms with E-state index in [-0.39, 0.29) is 0 Å². The molecular weight excluding hydrogens is 240 g/mol. The largest absolute Gasteiger partial charge is 0.380 e. The Morgan fingerprint density at radius 2 is 2.26 bits per heavy atom. The molecule has 19 heavy (non-hydrogen) atoms. The number of H-pyrrole nitrogens is 1. The summed E-state index contributed by atoms with van der Waals surface area (Å²) in [7, 11) is 0. The molecule has 0 bridgehead atoms. The van der Waals surface area contributed by atoms with Gasteiger partial charge in [-0.3, -0.25) is 0 Å². The summed E-state index contributed by atoms with van der Waals surface area (Å²) in [4.78, 5) is 7.99. The second-order valence-corrected chi connectivity index (χ2v) is 5.17. The Labute approximate surface area is 112 Å². The monoisotopic (exact) mass is 260 g/mol. The Morgan fingerprint density at radius 1 is 1.37 bits per heavy atom. The highest BCUT2D eigenvalue weighted by Gasteiger charge is 2.23. The van der Waals surface area contributed by atoms with Gasteiger partial charge in [-0.1, -0.05) is 13.3 Å². The molecular formula is C13H20N6. The van der Waals surface area contributed by atoms with Crippen molar-refractivity contribution in [2.24, 2.45) is 0 Å². The van der Waals surface area contributed by atoms with Crippen LogP contribution in [0.4, 0.5) is 5.82 Å². The van der Waals surface area contributed by atoms with Crippen LogP contribution in [0.15, 0.2) is 0 Å². The van der Waals surface area contributed by atoms with Crippen molar-refractivity contribution in [3.63, 3.8) is 0 Å². The van der Waals surface area contributed by atoms with Gasteiger partial charge in [0.15, 0.2) is 5.82 Å². The number of anilines is 1. The molecule has 1 aliphatic rings. The minimum atomic E-state index is 0.401. The van der Waals surface area contributed by atoms with E-state index in [1.165, 1.54) is 0 Å². The number of hydrogen-bond acceptors (Lipinski definition) is 5. The van der Waals surface area contributed by atoms with Crippen LogP contribution >= 0.6 is 0 Å².